The Kier molecular flexibility index (Phi) is 4.54. The second kappa shape index (κ2) is 6.55. The van der Waals surface area contributed by atoms with E-state index < -0.39 is 5.97 Å². The highest BCUT2D eigenvalue weighted by molar-refractivity contribution is 5.66. The molecule has 2 rings (SSSR count). The van der Waals surface area contributed by atoms with Crippen LogP contribution in [0.5, 0.6) is 11.5 Å². The maximum Gasteiger partial charge on any atom is 0.303 e. The minimum atomic E-state index is -0.907. The maximum absolute atomic E-state index is 10.4. The summed E-state index contributed by atoms with van der Waals surface area (Å²) in [5, 5.41) is 12.3. The van der Waals surface area contributed by atoms with Gasteiger partial charge in [-0.25, -0.2) is 0 Å². The molecule has 1 aromatic heterocycles. The fourth-order valence-electron chi connectivity index (χ4n) is 1.54. The Hall–Kier alpha value is -2.57. The zero-order valence-corrected chi connectivity index (χ0v) is 10.9. The molecule has 0 radical (unpaired) electrons. The lowest BCUT2D eigenvalue weighted by Crippen LogP contribution is -2.00. The van der Waals surface area contributed by atoms with Crippen LogP contribution in [0.2, 0.25) is 0 Å². The summed E-state index contributed by atoms with van der Waals surface area (Å²) < 4.78 is 15.6. The predicted molar refractivity (Wildman–Crippen MR) is 67.6 cm³/mol. The number of aromatic nitrogens is 2. The Morgan fingerprint density at radius 2 is 2.10 bits per heavy atom. The fraction of sp³-hybridized carbons (Fsp3) is 0.308. The van der Waals surface area contributed by atoms with Crippen molar-refractivity contribution in [1.29, 1.82) is 0 Å². The number of hydrogen-bond acceptors (Lipinski definition) is 6. The first-order valence-corrected chi connectivity index (χ1v) is 5.98. The van der Waals surface area contributed by atoms with E-state index in [0.717, 1.165) is 0 Å². The van der Waals surface area contributed by atoms with Crippen molar-refractivity contribution in [3.05, 3.63) is 36.0 Å². The minimum Gasteiger partial charge on any atom is -0.493 e. The first-order chi connectivity index (χ1) is 9.69. The molecule has 0 amide bonds. The van der Waals surface area contributed by atoms with E-state index in [9.17, 15) is 4.79 Å². The van der Waals surface area contributed by atoms with Gasteiger partial charge in [-0.1, -0.05) is 17.3 Å². The number of benzene rings is 1. The van der Waals surface area contributed by atoms with E-state index in [4.69, 9.17) is 19.1 Å². The van der Waals surface area contributed by atoms with Crippen LogP contribution in [-0.2, 0) is 17.8 Å². The van der Waals surface area contributed by atoms with Gasteiger partial charge in [0.05, 0.1) is 13.5 Å². The molecule has 20 heavy (non-hydrogen) atoms. The third-order valence-electron chi connectivity index (χ3n) is 2.49. The molecule has 0 unspecified atom stereocenters. The van der Waals surface area contributed by atoms with E-state index in [2.05, 4.69) is 10.1 Å². The maximum atomic E-state index is 10.4. The molecule has 0 atom stereocenters. The lowest BCUT2D eigenvalue weighted by Gasteiger charge is -2.07. The van der Waals surface area contributed by atoms with E-state index in [1.54, 1.807) is 19.2 Å². The van der Waals surface area contributed by atoms with Crippen LogP contribution in [0.25, 0.3) is 0 Å². The first kappa shape index (κ1) is 13.9. The molecule has 0 spiro atoms. The molecule has 7 nitrogen and oxygen atoms in total. The number of methoxy groups -OCH3 is 1. The SMILES string of the molecule is COc1ccccc1OCc1noc(CCC(=O)O)n1. The summed E-state index contributed by atoms with van der Waals surface area (Å²) in [7, 11) is 1.56. The molecular weight excluding hydrogens is 264 g/mol. The predicted octanol–water partition coefficient (Wildman–Crippen LogP) is 1.67. The molecule has 106 valence electrons. The van der Waals surface area contributed by atoms with Crippen LogP contribution in [0.3, 0.4) is 0 Å². The van der Waals surface area contributed by atoms with Crippen molar-refractivity contribution in [3.8, 4) is 11.5 Å². The summed E-state index contributed by atoms with van der Waals surface area (Å²) >= 11 is 0. The molecule has 0 saturated carbocycles. The topological polar surface area (TPSA) is 94.7 Å². The summed E-state index contributed by atoms with van der Waals surface area (Å²) in [6.07, 6.45) is 0.159. The molecule has 1 N–H and O–H groups in total. The minimum absolute atomic E-state index is 0.0466. The van der Waals surface area contributed by atoms with E-state index in [-0.39, 0.29) is 25.3 Å². The largest absolute Gasteiger partial charge is 0.493 e. The summed E-state index contributed by atoms with van der Waals surface area (Å²) in [5.74, 6) is 0.923. The van der Waals surface area contributed by atoms with Crippen LogP contribution >= 0.6 is 0 Å². The van der Waals surface area contributed by atoms with Crippen LogP contribution < -0.4 is 9.47 Å². The number of ether oxygens (including phenoxy) is 2. The third kappa shape index (κ3) is 3.71. The number of aliphatic carboxylic acids is 1. The number of rotatable bonds is 7. The summed E-state index contributed by atoms with van der Waals surface area (Å²) in [6, 6.07) is 7.21. The van der Waals surface area contributed by atoms with Gasteiger partial charge in [-0.2, -0.15) is 4.98 Å². The van der Waals surface area contributed by atoms with Crippen LogP contribution in [0.1, 0.15) is 18.1 Å². The van der Waals surface area contributed by atoms with Crippen LogP contribution in [0.15, 0.2) is 28.8 Å². The van der Waals surface area contributed by atoms with Gasteiger partial charge >= 0.3 is 5.97 Å². The third-order valence-corrected chi connectivity index (χ3v) is 2.49. The summed E-state index contributed by atoms with van der Waals surface area (Å²) in [6.45, 7) is 0.122. The molecule has 1 heterocycles. The smallest absolute Gasteiger partial charge is 0.303 e. The van der Waals surface area contributed by atoms with Crippen LogP contribution in [0.4, 0.5) is 0 Å². The van der Waals surface area contributed by atoms with Crippen molar-refractivity contribution in [3.63, 3.8) is 0 Å². The fourth-order valence-corrected chi connectivity index (χ4v) is 1.54. The molecule has 0 aliphatic heterocycles. The lowest BCUT2D eigenvalue weighted by molar-refractivity contribution is -0.137. The standard InChI is InChI=1S/C13H14N2O5/c1-18-9-4-2-3-5-10(9)19-8-11-14-12(20-15-11)6-7-13(16)17/h2-5H,6-8H2,1H3,(H,16,17). The van der Waals surface area contributed by atoms with Gasteiger partial charge in [0.1, 0.15) is 0 Å². The van der Waals surface area contributed by atoms with Gasteiger partial charge in [0.25, 0.3) is 0 Å². The van der Waals surface area contributed by atoms with Crippen molar-refractivity contribution >= 4 is 5.97 Å². The highest BCUT2D eigenvalue weighted by Crippen LogP contribution is 2.26. The van der Waals surface area contributed by atoms with Crippen molar-refractivity contribution < 1.29 is 23.9 Å². The van der Waals surface area contributed by atoms with Crippen LogP contribution in [-0.4, -0.2) is 28.3 Å². The van der Waals surface area contributed by atoms with Gasteiger partial charge in [-0.3, -0.25) is 4.79 Å². The van der Waals surface area contributed by atoms with Gasteiger partial charge in [-0.15, -0.1) is 0 Å². The number of para-hydroxylation sites is 2. The Bertz CT molecular complexity index is 582. The lowest BCUT2D eigenvalue weighted by atomic mass is 10.3. The number of carboxylic acid groups (broad SMARTS) is 1. The normalized spacial score (nSPS) is 10.2. The first-order valence-electron chi connectivity index (χ1n) is 5.98. The van der Waals surface area contributed by atoms with E-state index >= 15 is 0 Å². The van der Waals surface area contributed by atoms with Gasteiger partial charge in [0, 0.05) is 6.42 Å². The van der Waals surface area contributed by atoms with Gasteiger partial charge < -0.3 is 19.1 Å². The quantitative estimate of drug-likeness (QED) is 0.823. The molecule has 2 aromatic rings. The monoisotopic (exact) mass is 278 g/mol. The Balaban J connectivity index is 1.92. The Morgan fingerprint density at radius 3 is 2.80 bits per heavy atom. The van der Waals surface area contributed by atoms with E-state index in [0.29, 0.717) is 17.3 Å². The summed E-state index contributed by atoms with van der Waals surface area (Å²) in [4.78, 5) is 14.5. The van der Waals surface area contributed by atoms with E-state index in [1.807, 2.05) is 12.1 Å². The average Bonchev–Trinajstić information content (AvgIpc) is 2.91. The molecule has 0 bridgehead atoms. The van der Waals surface area contributed by atoms with Gasteiger partial charge in [0.2, 0.25) is 11.7 Å². The number of carboxylic acids is 1. The van der Waals surface area contributed by atoms with Gasteiger partial charge in [0.15, 0.2) is 18.1 Å². The number of hydrogen-bond donors (Lipinski definition) is 1. The molecule has 1 aromatic carbocycles. The second-order valence-electron chi connectivity index (χ2n) is 3.94. The molecule has 0 aliphatic rings. The molecule has 0 saturated heterocycles. The zero-order chi connectivity index (χ0) is 14.4. The van der Waals surface area contributed by atoms with Crippen LogP contribution in [0, 0.1) is 0 Å². The number of carbonyl (C=O) groups is 1. The number of nitrogens with zero attached hydrogens (tertiary/aromatic N) is 2. The Labute approximate surface area is 115 Å². The molecule has 0 fully saturated rings. The van der Waals surface area contributed by atoms with E-state index in [1.165, 1.54) is 0 Å². The summed E-state index contributed by atoms with van der Waals surface area (Å²) in [5.41, 5.74) is 0. The van der Waals surface area contributed by atoms with Crippen molar-refractivity contribution in [2.45, 2.75) is 19.4 Å². The van der Waals surface area contributed by atoms with Crippen molar-refractivity contribution in [2.75, 3.05) is 7.11 Å². The van der Waals surface area contributed by atoms with Crippen molar-refractivity contribution in [2.24, 2.45) is 0 Å². The average molecular weight is 278 g/mol. The number of aryl methyl sites for hydroxylation is 1. The highest BCUT2D eigenvalue weighted by Gasteiger charge is 2.10. The molecule has 7 heteroatoms. The highest BCUT2D eigenvalue weighted by atomic mass is 16.5. The zero-order valence-electron chi connectivity index (χ0n) is 10.9. The Morgan fingerprint density at radius 1 is 1.35 bits per heavy atom. The van der Waals surface area contributed by atoms with Crippen molar-refractivity contribution in [1.82, 2.24) is 10.1 Å². The second-order valence-corrected chi connectivity index (χ2v) is 3.94. The molecular formula is C13H14N2O5. The molecule has 0 aliphatic carbocycles. The van der Waals surface area contributed by atoms with Gasteiger partial charge in [-0.05, 0) is 12.1 Å².